The number of nitrogens with zero attached hydrogens (tertiary/aromatic N) is 6. The maximum absolute atomic E-state index is 13.4. The fourth-order valence-electron chi connectivity index (χ4n) is 4.79. The molecule has 1 fully saturated rings. The Labute approximate surface area is 227 Å². The van der Waals surface area contributed by atoms with Gasteiger partial charge in [0.1, 0.15) is 0 Å². The Morgan fingerprint density at radius 1 is 1.08 bits per heavy atom. The number of benzene rings is 1. The Morgan fingerprint density at radius 3 is 2.59 bits per heavy atom. The van der Waals surface area contributed by atoms with Gasteiger partial charge in [-0.1, -0.05) is 18.2 Å². The number of carbonyl (C=O) groups excluding carboxylic acids is 1. The van der Waals surface area contributed by atoms with Crippen LogP contribution in [0.1, 0.15) is 25.7 Å². The van der Waals surface area contributed by atoms with Gasteiger partial charge < -0.3 is 15.5 Å². The minimum absolute atomic E-state index is 0.114. The fraction of sp³-hybridized carbons (Fsp3) is 0.333. The van der Waals surface area contributed by atoms with E-state index in [1.54, 1.807) is 59.5 Å². The molecule has 0 atom stereocenters. The van der Waals surface area contributed by atoms with Crippen molar-refractivity contribution < 1.29 is 13.2 Å². The molecule has 0 radical (unpaired) electrons. The third kappa shape index (κ3) is 5.94. The molecular weight excluding hydrogens is 516 g/mol. The molecule has 11 nitrogen and oxygen atoms in total. The van der Waals surface area contributed by atoms with E-state index in [4.69, 9.17) is 5.26 Å². The Balaban J connectivity index is 1.43. The molecule has 202 valence electrons. The van der Waals surface area contributed by atoms with Crippen molar-refractivity contribution in [2.45, 2.75) is 43.2 Å². The standard InChI is InChI=1S/C27H30N8O3S/c28-12-4-14-33-16-8-21(9-17-33)31-26-23-10-19-35(39(37,38)22-6-2-1-3-7-22)27(23)29-20-24(26)32-25(36)11-18-34-15-5-13-30-34/h1-3,5-7,10,13,15,19-21H,4,8-9,11,14,16-18H2,(H,29,31)(H,32,36). The van der Waals surface area contributed by atoms with Crippen LogP contribution in [-0.2, 0) is 21.4 Å². The zero-order chi connectivity index (χ0) is 27.2. The van der Waals surface area contributed by atoms with Gasteiger partial charge >= 0.3 is 0 Å². The molecule has 0 unspecified atom stereocenters. The molecule has 1 aliphatic heterocycles. The normalized spacial score (nSPS) is 14.7. The molecule has 4 aromatic rings. The van der Waals surface area contributed by atoms with E-state index < -0.39 is 10.0 Å². The van der Waals surface area contributed by atoms with Crippen LogP contribution in [0.15, 0.2) is 72.1 Å². The number of hydrogen-bond acceptors (Lipinski definition) is 8. The Hall–Kier alpha value is -4.21. The van der Waals surface area contributed by atoms with Gasteiger partial charge in [0, 0.05) is 69.0 Å². The second-order valence-electron chi connectivity index (χ2n) is 9.45. The number of piperidine rings is 1. The fourth-order valence-corrected chi connectivity index (χ4v) is 6.11. The van der Waals surface area contributed by atoms with Crippen LogP contribution in [-0.4, -0.2) is 63.6 Å². The van der Waals surface area contributed by atoms with Crippen molar-refractivity contribution in [2.75, 3.05) is 30.3 Å². The number of anilines is 2. The number of rotatable bonds is 10. The highest BCUT2D eigenvalue weighted by molar-refractivity contribution is 7.90. The number of aryl methyl sites for hydroxylation is 1. The lowest BCUT2D eigenvalue weighted by Gasteiger charge is -2.33. The molecule has 0 aliphatic carbocycles. The molecule has 12 heteroatoms. The molecular formula is C27H30N8O3S. The first kappa shape index (κ1) is 26.4. The molecule has 5 rings (SSSR count). The molecule has 0 spiro atoms. The first-order valence-corrected chi connectivity index (χ1v) is 14.3. The number of hydrogen-bond donors (Lipinski definition) is 2. The molecule has 2 N–H and O–H groups in total. The zero-order valence-corrected chi connectivity index (χ0v) is 22.2. The van der Waals surface area contributed by atoms with Crippen LogP contribution >= 0.6 is 0 Å². The number of pyridine rings is 1. The first-order chi connectivity index (χ1) is 19.0. The van der Waals surface area contributed by atoms with Crippen LogP contribution in [0.5, 0.6) is 0 Å². The molecule has 1 aromatic carbocycles. The van der Waals surface area contributed by atoms with Crippen LogP contribution in [0.25, 0.3) is 11.0 Å². The smallest absolute Gasteiger partial charge is 0.269 e. The summed E-state index contributed by atoms with van der Waals surface area (Å²) in [5.41, 5.74) is 1.42. The molecule has 0 bridgehead atoms. The number of carbonyl (C=O) groups is 1. The van der Waals surface area contributed by atoms with E-state index in [-0.39, 0.29) is 28.9 Å². The third-order valence-corrected chi connectivity index (χ3v) is 8.54. The summed E-state index contributed by atoms with van der Waals surface area (Å²) in [6.45, 7) is 2.88. The highest BCUT2D eigenvalue weighted by atomic mass is 32.2. The Kier molecular flexibility index (Phi) is 7.90. The molecule has 0 saturated carbocycles. The van der Waals surface area contributed by atoms with E-state index in [1.807, 2.05) is 0 Å². The lowest BCUT2D eigenvalue weighted by molar-refractivity contribution is -0.116. The van der Waals surface area contributed by atoms with Crippen molar-refractivity contribution in [1.29, 1.82) is 5.26 Å². The quantitative estimate of drug-likeness (QED) is 0.309. The van der Waals surface area contributed by atoms with E-state index in [2.05, 4.69) is 31.7 Å². The number of fused-ring (bicyclic) bond motifs is 1. The zero-order valence-electron chi connectivity index (χ0n) is 21.4. The molecule has 3 aromatic heterocycles. The second-order valence-corrected chi connectivity index (χ2v) is 11.3. The molecule has 1 amide bonds. The lowest BCUT2D eigenvalue weighted by Crippen LogP contribution is -2.39. The minimum Gasteiger partial charge on any atom is -0.380 e. The largest absolute Gasteiger partial charge is 0.380 e. The summed E-state index contributed by atoms with van der Waals surface area (Å²) in [5.74, 6) is -0.197. The van der Waals surface area contributed by atoms with E-state index >= 15 is 0 Å². The molecule has 4 heterocycles. The minimum atomic E-state index is -3.86. The predicted octanol–water partition coefficient (Wildman–Crippen LogP) is 3.29. The average molecular weight is 547 g/mol. The average Bonchev–Trinajstić information content (AvgIpc) is 3.64. The molecule has 1 saturated heterocycles. The van der Waals surface area contributed by atoms with Crippen LogP contribution in [0.3, 0.4) is 0 Å². The van der Waals surface area contributed by atoms with Crippen LogP contribution in [0.4, 0.5) is 11.4 Å². The highest BCUT2D eigenvalue weighted by Crippen LogP contribution is 2.34. The van der Waals surface area contributed by atoms with E-state index in [1.165, 1.54) is 16.4 Å². The van der Waals surface area contributed by atoms with E-state index in [0.717, 1.165) is 32.5 Å². The number of aromatic nitrogens is 4. The number of nitriles is 1. The van der Waals surface area contributed by atoms with Gasteiger partial charge in [-0.05, 0) is 37.1 Å². The number of nitrogens with one attached hydrogen (secondary N) is 2. The first-order valence-electron chi connectivity index (χ1n) is 12.9. The van der Waals surface area contributed by atoms with Gasteiger partial charge in [0.05, 0.1) is 28.5 Å². The SMILES string of the molecule is N#CCCN1CCC(Nc2c(NC(=O)CCn3cccn3)cnc3c2ccn3S(=O)(=O)c2ccccc2)CC1. The van der Waals surface area contributed by atoms with Crippen molar-refractivity contribution in [2.24, 2.45) is 0 Å². The van der Waals surface area contributed by atoms with Crippen molar-refractivity contribution in [3.05, 3.63) is 67.3 Å². The maximum atomic E-state index is 13.4. The van der Waals surface area contributed by atoms with Gasteiger partial charge in [0.2, 0.25) is 5.91 Å². The summed E-state index contributed by atoms with van der Waals surface area (Å²) in [6.07, 6.45) is 8.90. The van der Waals surface area contributed by atoms with Crippen molar-refractivity contribution in [3.8, 4) is 6.07 Å². The van der Waals surface area contributed by atoms with Gasteiger partial charge in [-0.2, -0.15) is 10.4 Å². The van der Waals surface area contributed by atoms with Gasteiger partial charge in [0.15, 0.2) is 5.65 Å². The van der Waals surface area contributed by atoms with E-state index in [9.17, 15) is 13.2 Å². The number of likely N-dealkylation sites (tertiary alicyclic amines) is 1. The number of amides is 1. The maximum Gasteiger partial charge on any atom is 0.269 e. The van der Waals surface area contributed by atoms with Crippen molar-refractivity contribution in [3.63, 3.8) is 0 Å². The summed E-state index contributed by atoms with van der Waals surface area (Å²) < 4.78 is 29.6. The molecule has 1 aliphatic rings. The summed E-state index contributed by atoms with van der Waals surface area (Å²) in [5, 5.41) is 20.2. The topological polar surface area (TPSA) is 138 Å². The third-order valence-electron chi connectivity index (χ3n) is 6.86. The monoisotopic (exact) mass is 546 g/mol. The Morgan fingerprint density at radius 2 is 1.87 bits per heavy atom. The highest BCUT2D eigenvalue weighted by Gasteiger charge is 2.25. The van der Waals surface area contributed by atoms with Crippen LogP contribution in [0, 0.1) is 11.3 Å². The molecule has 39 heavy (non-hydrogen) atoms. The van der Waals surface area contributed by atoms with Gasteiger partial charge in [-0.15, -0.1) is 0 Å². The van der Waals surface area contributed by atoms with Crippen molar-refractivity contribution in [1.82, 2.24) is 23.6 Å². The van der Waals surface area contributed by atoms with Gasteiger partial charge in [-0.3, -0.25) is 9.48 Å². The van der Waals surface area contributed by atoms with Gasteiger partial charge in [-0.25, -0.2) is 17.4 Å². The van der Waals surface area contributed by atoms with Crippen molar-refractivity contribution >= 4 is 38.3 Å². The Bertz CT molecular complexity index is 1570. The van der Waals surface area contributed by atoms with E-state index in [0.29, 0.717) is 29.7 Å². The van der Waals surface area contributed by atoms with Crippen LogP contribution < -0.4 is 10.6 Å². The van der Waals surface area contributed by atoms with Gasteiger partial charge in [0.25, 0.3) is 10.0 Å². The second kappa shape index (κ2) is 11.7. The van der Waals surface area contributed by atoms with Crippen LogP contribution in [0.2, 0.25) is 0 Å². The lowest BCUT2D eigenvalue weighted by atomic mass is 10.0. The summed E-state index contributed by atoms with van der Waals surface area (Å²) in [6, 6.07) is 14.1. The summed E-state index contributed by atoms with van der Waals surface area (Å²) >= 11 is 0. The predicted molar refractivity (Wildman–Crippen MR) is 148 cm³/mol. The summed E-state index contributed by atoms with van der Waals surface area (Å²) in [4.78, 5) is 19.7. The summed E-state index contributed by atoms with van der Waals surface area (Å²) in [7, 11) is -3.86.